The number of nitrogens with one attached hydrogen (secondary N) is 1. The third-order valence-corrected chi connectivity index (χ3v) is 3.30. The highest BCUT2D eigenvalue weighted by molar-refractivity contribution is 9.10. The molecule has 0 saturated carbocycles. The molecule has 1 aromatic carbocycles. The Hall–Kier alpha value is -1.69. The van der Waals surface area contributed by atoms with E-state index in [9.17, 15) is 14.4 Å². The summed E-state index contributed by atoms with van der Waals surface area (Å²) in [4.78, 5) is 36.2. The van der Waals surface area contributed by atoms with Gasteiger partial charge in [0.2, 0.25) is 11.8 Å². The highest BCUT2D eigenvalue weighted by atomic mass is 79.9. The van der Waals surface area contributed by atoms with E-state index in [0.29, 0.717) is 5.56 Å². The smallest absolute Gasteiger partial charge is 0.254 e. The van der Waals surface area contributed by atoms with Gasteiger partial charge in [0.1, 0.15) is 12.6 Å². The van der Waals surface area contributed by atoms with Crippen LogP contribution in [0.1, 0.15) is 17.3 Å². The van der Waals surface area contributed by atoms with Crippen molar-refractivity contribution in [2.75, 3.05) is 6.54 Å². The van der Waals surface area contributed by atoms with E-state index in [-0.39, 0.29) is 12.5 Å². The van der Waals surface area contributed by atoms with Crippen LogP contribution < -0.4 is 5.32 Å². The van der Waals surface area contributed by atoms with E-state index in [4.69, 9.17) is 0 Å². The van der Waals surface area contributed by atoms with E-state index in [2.05, 4.69) is 21.2 Å². The minimum absolute atomic E-state index is 0.0954. The Morgan fingerprint density at radius 3 is 2.56 bits per heavy atom. The van der Waals surface area contributed by atoms with Crippen molar-refractivity contribution in [1.29, 1.82) is 0 Å². The molecule has 1 aliphatic heterocycles. The summed E-state index contributed by atoms with van der Waals surface area (Å²) < 4.78 is 0.861. The Kier molecular flexibility index (Phi) is 3.47. The van der Waals surface area contributed by atoms with Crippen LogP contribution in [0, 0.1) is 0 Å². The van der Waals surface area contributed by atoms with Crippen LogP contribution in [0.5, 0.6) is 0 Å². The van der Waals surface area contributed by atoms with Crippen LogP contribution in [-0.2, 0) is 9.59 Å². The number of nitrogens with zero attached hydrogens (tertiary/aromatic N) is 1. The van der Waals surface area contributed by atoms with Gasteiger partial charge in [-0.05, 0) is 31.2 Å². The number of piperazine rings is 1. The van der Waals surface area contributed by atoms with E-state index >= 15 is 0 Å². The molecule has 2 rings (SSSR count). The predicted octanol–water partition coefficient (Wildman–Crippen LogP) is 0.936. The average Bonchev–Trinajstić information content (AvgIpc) is 2.34. The van der Waals surface area contributed by atoms with E-state index in [1.54, 1.807) is 31.2 Å². The second-order valence-corrected chi connectivity index (χ2v) is 4.94. The van der Waals surface area contributed by atoms with Gasteiger partial charge < -0.3 is 4.90 Å². The van der Waals surface area contributed by atoms with Crippen molar-refractivity contribution in [2.24, 2.45) is 0 Å². The normalized spacial score (nSPS) is 19.7. The maximum Gasteiger partial charge on any atom is 0.254 e. The summed E-state index contributed by atoms with van der Waals surface area (Å²) in [6, 6.07) is 6.14. The number of imide groups is 1. The van der Waals surface area contributed by atoms with Crippen molar-refractivity contribution in [3.05, 3.63) is 34.3 Å². The molecule has 18 heavy (non-hydrogen) atoms. The molecule has 0 bridgehead atoms. The second-order valence-electron chi connectivity index (χ2n) is 4.03. The first-order valence-corrected chi connectivity index (χ1v) is 6.18. The van der Waals surface area contributed by atoms with Crippen LogP contribution in [-0.4, -0.2) is 35.2 Å². The van der Waals surface area contributed by atoms with E-state index in [1.807, 2.05) is 0 Å². The Bertz CT molecular complexity index is 513. The number of amides is 3. The number of hydrogen-bond acceptors (Lipinski definition) is 3. The zero-order valence-corrected chi connectivity index (χ0v) is 11.2. The first-order valence-electron chi connectivity index (χ1n) is 5.39. The summed E-state index contributed by atoms with van der Waals surface area (Å²) in [6.45, 7) is 1.50. The Labute approximate surface area is 112 Å². The Morgan fingerprint density at radius 2 is 1.94 bits per heavy atom. The van der Waals surface area contributed by atoms with Gasteiger partial charge in [-0.25, -0.2) is 0 Å². The first-order chi connectivity index (χ1) is 8.49. The van der Waals surface area contributed by atoms with Crippen molar-refractivity contribution >= 4 is 33.7 Å². The molecule has 1 fully saturated rings. The SMILES string of the molecule is CC1C(=O)NC(=O)CN1C(=O)c1ccc(Br)cc1. The average molecular weight is 311 g/mol. The van der Waals surface area contributed by atoms with Crippen molar-refractivity contribution in [1.82, 2.24) is 10.2 Å². The summed E-state index contributed by atoms with van der Waals surface area (Å²) in [5.41, 5.74) is 0.451. The molecule has 1 saturated heterocycles. The number of carbonyl (C=O) groups excluding carboxylic acids is 3. The molecule has 5 nitrogen and oxygen atoms in total. The standard InChI is InChI=1S/C12H11BrN2O3/c1-7-11(17)14-10(16)6-15(7)12(18)8-2-4-9(13)5-3-8/h2-5,7H,6H2,1H3,(H,14,16,17). The summed E-state index contributed by atoms with van der Waals surface area (Å²) in [5, 5.41) is 2.20. The van der Waals surface area contributed by atoms with Crippen molar-refractivity contribution in [3.63, 3.8) is 0 Å². The van der Waals surface area contributed by atoms with Crippen molar-refractivity contribution in [3.8, 4) is 0 Å². The first kappa shape index (κ1) is 12.8. The topological polar surface area (TPSA) is 66.5 Å². The summed E-state index contributed by atoms with van der Waals surface area (Å²) in [6.07, 6.45) is 0. The molecule has 1 aromatic rings. The summed E-state index contributed by atoms with van der Waals surface area (Å²) >= 11 is 3.28. The molecule has 1 atom stereocenters. The Balaban J connectivity index is 2.24. The highest BCUT2D eigenvalue weighted by Gasteiger charge is 2.33. The molecular formula is C12H11BrN2O3. The van der Waals surface area contributed by atoms with Crippen LogP contribution in [0.2, 0.25) is 0 Å². The van der Waals surface area contributed by atoms with Gasteiger partial charge in [0.15, 0.2) is 0 Å². The molecule has 1 heterocycles. The lowest BCUT2D eigenvalue weighted by Crippen LogP contribution is -2.58. The molecule has 0 aliphatic carbocycles. The fraction of sp³-hybridized carbons (Fsp3) is 0.250. The molecule has 1 aliphatic rings. The number of hydrogen-bond donors (Lipinski definition) is 1. The zero-order valence-electron chi connectivity index (χ0n) is 9.64. The van der Waals surface area contributed by atoms with Crippen molar-refractivity contribution < 1.29 is 14.4 Å². The molecule has 3 amide bonds. The maximum atomic E-state index is 12.2. The van der Waals surface area contributed by atoms with Crippen LogP contribution in [0.15, 0.2) is 28.7 Å². The lowest BCUT2D eigenvalue weighted by Gasteiger charge is -2.31. The maximum absolute atomic E-state index is 12.2. The minimum atomic E-state index is -0.640. The molecule has 6 heteroatoms. The monoisotopic (exact) mass is 310 g/mol. The minimum Gasteiger partial charge on any atom is -0.318 e. The van der Waals surface area contributed by atoms with Crippen LogP contribution in [0.3, 0.4) is 0 Å². The van der Waals surface area contributed by atoms with Gasteiger partial charge in [0.25, 0.3) is 5.91 Å². The fourth-order valence-corrected chi connectivity index (χ4v) is 1.98. The third-order valence-electron chi connectivity index (χ3n) is 2.78. The molecule has 0 radical (unpaired) electrons. The Morgan fingerprint density at radius 1 is 1.33 bits per heavy atom. The molecular weight excluding hydrogens is 300 g/mol. The quantitative estimate of drug-likeness (QED) is 0.785. The van der Waals surface area contributed by atoms with E-state index in [1.165, 1.54) is 4.90 Å². The lowest BCUT2D eigenvalue weighted by atomic mass is 10.1. The number of rotatable bonds is 1. The number of benzene rings is 1. The van der Waals surface area contributed by atoms with Gasteiger partial charge >= 0.3 is 0 Å². The largest absolute Gasteiger partial charge is 0.318 e. The third kappa shape index (κ3) is 2.43. The van der Waals surface area contributed by atoms with Gasteiger partial charge in [0.05, 0.1) is 0 Å². The molecule has 0 spiro atoms. The molecule has 1 unspecified atom stereocenters. The van der Waals surface area contributed by atoms with E-state index in [0.717, 1.165) is 4.47 Å². The van der Waals surface area contributed by atoms with Gasteiger partial charge in [0, 0.05) is 10.0 Å². The predicted molar refractivity (Wildman–Crippen MR) is 67.8 cm³/mol. The summed E-state index contributed by atoms with van der Waals surface area (Å²) in [5.74, 6) is -1.22. The van der Waals surface area contributed by atoms with Crippen LogP contribution in [0.4, 0.5) is 0 Å². The molecule has 94 valence electrons. The fourth-order valence-electron chi connectivity index (χ4n) is 1.72. The highest BCUT2D eigenvalue weighted by Crippen LogP contribution is 2.15. The second kappa shape index (κ2) is 4.89. The van der Waals surface area contributed by atoms with Crippen LogP contribution >= 0.6 is 15.9 Å². The molecule has 1 N–H and O–H groups in total. The lowest BCUT2D eigenvalue weighted by molar-refractivity contribution is -0.138. The van der Waals surface area contributed by atoms with Crippen molar-refractivity contribution in [2.45, 2.75) is 13.0 Å². The zero-order chi connectivity index (χ0) is 13.3. The molecule has 0 aromatic heterocycles. The van der Waals surface area contributed by atoms with Gasteiger partial charge in [-0.2, -0.15) is 0 Å². The van der Waals surface area contributed by atoms with E-state index < -0.39 is 17.9 Å². The van der Waals surface area contributed by atoms with Gasteiger partial charge in [-0.15, -0.1) is 0 Å². The van der Waals surface area contributed by atoms with Gasteiger partial charge in [-0.3, -0.25) is 19.7 Å². The number of carbonyl (C=O) groups is 3. The van der Waals surface area contributed by atoms with Gasteiger partial charge in [-0.1, -0.05) is 15.9 Å². The number of halogens is 1. The summed E-state index contributed by atoms with van der Waals surface area (Å²) in [7, 11) is 0. The van der Waals surface area contributed by atoms with Crippen LogP contribution in [0.25, 0.3) is 0 Å².